The van der Waals surface area contributed by atoms with E-state index in [0.29, 0.717) is 12.5 Å². The highest BCUT2D eigenvalue weighted by Gasteiger charge is 2.20. The molecule has 1 rings (SSSR count). The van der Waals surface area contributed by atoms with Gasteiger partial charge in [-0.3, -0.25) is 4.79 Å². The van der Waals surface area contributed by atoms with Crippen molar-refractivity contribution in [2.24, 2.45) is 0 Å². The Kier molecular flexibility index (Phi) is 7.25. The van der Waals surface area contributed by atoms with Crippen LogP contribution in [0.25, 0.3) is 0 Å². The minimum absolute atomic E-state index is 0.0545. The molecule has 1 N–H and O–H groups in total. The molecule has 0 aromatic rings. The molecule has 0 saturated heterocycles. The summed E-state index contributed by atoms with van der Waals surface area (Å²) in [5, 5.41) is 3.32. The van der Waals surface area contributed by atoms with Crippen LogP contribution in [0.2, 0.25) is 0 Å². The van der Waals surface area contributed by atoms with Crippen molar-refractivity contribution in [1.29, 1.82) is 0 Å². The van der Waals surface area contributed by atoms with Crippen molar-refractivity contribution in [3.8, 4) is 0 Å². The molecule has 0 aromatic carbocycles. The number of esters is 1. The van der Waals surface area contributed by atoms with E-state index in [2.05, 4.69) is 12.2 Å². The van der Waals surface area contributed by atoms with Gasteiger partial charge >= 0.3 is 5.97 Å². The Hall–Kier alpha value is -0.570. The van der Waals surface area contributed by atoms with Crippen LogP contribution in [-0.2, 0) is 9.53 Å². The first-order chi connectivity index (χ1) is 8.22. The molecule has 3 nitrogen and oxygen atoms in total. The molecular weight excluding hydrogens is 214 g/mol. The van der Waals surface area contributed by atoms with Crippen LogP contribution < -0.4 is 5.32 Å². The summed E-state index contributed by atoms with van der Waals surface area (Å²) in [4.78, 5) is 11.5. The summed E-state index contributed by atoms with van der Waals surface area (Å²) < 4.78 is 5.35. The fraction of sp³-hybridized carbons (Fsp3) is 0.929. The van der Waals surface area contributed by atoms with Gasteiger partial charge in [0.15, 0.2) is 0 Å². The van der Waals surface area contributed by atoms with Gasteiger partial charge in [0.2, 0.25) is 0 Å². The molecule has 17 heavy (non-hydrogen) atoms. The highest BCUT2D eigenvalue weighted by atomic mass is 16.5. The van der Waals surface area contributed by atoms with Gasteiger partial charge in [-0.05, 0) is 32.6 Å². The zero-order valence-electron chi connectivity index (χ0n) is 11.3. The lowest BCUT2D eigenvalue weighted by Crippen LogP contribution is -2.23. The molecule has 3 heteroatoms. The first kappa shape index (κ1) is 14.5. The van der Waals surface area contributed by atoms with Crippen LogP contribution in [-0.4, -0.2) is 24.7 Å². The number of hydrogen-bond acceptors (Lipinski definition) is 3. The highest BCUT2D eigenvalue weighted by molar-refractivity contribution is 5.69. The Morgan fingerprint density at radius 3 is 2.76 bits per heavy atom. The molecule has 1 saturated carbocycles. The second-order valence-corrected chi connectivity index (χ2v) is 5.13. The standard InChI is InChI=1S/C14H27NO2/c1-3-4-5-6-7-12(2)17-14(16)10-11-15-13-8-9-13/h12-13,15H,3-11H2,1-2H3. The largest absolute Gasteiger partial charge is 0.463 e. The van der Waals surface area contributed by atoms with Crippen molar-refractivity contribution in [1.82, 2.24) is 5.32 Å². The van der Waals surface area contributed by atoms with Crippen molar-refractivity contribution in [2.45, 2.75) is 77.4 Å². The number of nitrogens with one attached hydrogen (secondary N) is 1. The summed E-state index contributed by atoms with van der Waals surface area (Å²) in [6.07, 6.45) is 9.08. The van der Waals surface area contributed by atoms with E-state index in [9.17, 15) is 4.79 Å². The topological polar surface area (TPSA) is 38.3 Å². The zero-order chi connectivity index (χ0) is 12.5. The molecule has 0 spiro atoms. The molecule has 0 heterocycles. The second kappa shape index (κ2) is 8.51. The Labute approximate surface area is 105 Å². The van der Waals surface area contributed by atoms with E-state index < -0.39 is 0 Å². The molecule has 0 aliphatic heterocycles. The smallest absolute Gasteiger partial charge is 0.307 e. The van der Waals surface area contributed by atoms with Gasteiger partial charge in [0.05, 0.1) is 12.5 Å². The van der Waals surface area contributed by atoms with E-state index in [1.54, 1.807) is 0 Å². The maximum atomic E-state index is 11.5. The van der Waals surface area contributed by atoms with Crippen LogP contribution in [0.15, 0.2) is 0 Å². The molecule has 0 radical (unpaired) electrons. The van der Waals surface area contributed by atoms with Crippen LogP contribution in [0.5, 0.6) is 0 Å². The minimum atomic E-state index is -0.0545. The first-order valence-electron chi connectivity index (χ1n) is 7.15. The zero-order valence-corrected chi connectivity index (χ0v) is 11.3. The van der Waals surface area contributed by atoms with Gasteiger partial charge < -0.3 is 10.1 Å². The molecule has 0 amide bonds. The molecule has 1 aliphatic rings. The number of carbonyl (C=O) groups excluding carboxylic acids is 1. The van der Waals surface area contributed by atoms with Gasteiger partial charge in [-0.2, -0.15) is 0 Å². The normalized spacial score (nSPS) is 16.8. The lowest BCUT2D eigenvalue weighted by molar-refractivity contribution is -0.148. The second-order valence-electron chi connectivity index (χ2n) is 5.13. The fourth-order valence-electron chi connectivity index (χ4n) is 1.87. The van der Waals surface area contributed by atoms with Gasteiger partial charge in [-0.1, -0.05) is 26.2 Å². The molecule has 1 aliphatic carbocycles. The molecule has 1 atom stereocenters. The van der Waals surface area contributed by atoms with Crippen molar-refractivity contribution in [3.63, 3.8) is 0 Å². The van der Waals surface area contributed by atoms with Gasteiger partial charge in [0, 0.05) is 12.6 Å². The Bertz CT molecular complexity index is 214. The van der Waals surface area contributed by atoms with E-state index in [1.165, 1.54) is 38.5 Å². The lowest BCUT2D eigenvalue weighted by Gasteiger charge is -2.13. The summed E-state index contributed by atoms with van der Waals surface area (Å²) in [6, 6.07) is 0.675. The van der Waals surface area contributed by atoms with E-state index in [1.807, 2.05) is 6.92 Å². The number of hydrogen-bond donors (Lipinski definition) is 1. The summed E-state index contributed by atoms with van der Waals surface area (Å²) in [5.74, 6) is -0.0545. The van der Waals surface area contributed by atoms with Crippen LogP contribution in [0.4, 0.5) is 0 Å². The highest BCUT2D eigenvalue weighted by Crippen LogP contribution is 2.18. The minimum Gasteiger partial charge on any atom is -0.463 e. The third kappa shape index (κ3) is 8.19. The maximum Gasteiger partial charge on any atom is 0.307 e. The molecule has 1 unspecified atom stereocenters. The SMILES string of the molecule is CCCCCCC(C)OC(=O)CCNC1CC1. The van der Waals surface area contributed by atoms with Crippen LogP contribution in [0.1, 0.15) is 65.2 Å². The Balaban J connectivity index is 1.91. The van der Waals surface area contributed by atoms with E-state index in [-0.39, 0.29) is 12.1 Å². The van der Waals surface area contributed by atoms with Gasteiger partial charge in [-0.25, -0.2) is 0 Å². The Morgan fingerprint density at radius 2 is 2.12 bits per heavy atom. The summed E-state index contributed by atoms with van der Waals surface area (Å²) in [7, 11) is 0. The van der Waals surface area contributed by atoms with Gasteiger partial charge in [0.1, 0.15) is 0 Å². The van der Waals surface area contributed by atoms with E-state index in [0.717, 1.165) is 13.0 Å². The molecule has 0 aromatic heterocycles. The van der Waals surface area contributed by atoms with Gasteiger partial charge in [0.25, 0.3) is 0 Å². The molecule has 1 fully saturated rings. The third-order valence-electron chi connectivity index (χ3n) is 3.14. The third-order valence-corrected chi connectivity index (χ3v) is 3.14. The summed E-state index contributed by atoms with van der Waals surface area (Å²) >= 11 is 0. The van der Waals surface area contributed by atoms with Gasteiger partial charge in [-0.15, -0.1) is 0 Å². The summed E-state index contributed by atoms with van der Waals surface area (Å²) in [5.41, 5.74) is 0. The van der Waals surface area contributed by atoms with Crippen molar-refractivity contribution in [3.05, 3.63) is 0 Å². The number of carbonyl (C=O) groups is 1. The molecule has 100 valence electrons. The van der Waals surface area contributed by atoms with Crippen LogP contribution in [0, 0.1) is 0 Å². The quantitative estimate of drug-likeness (QED) is 0.472. The van der Waals surface area contributed by atoms with E-state index in [4.69, 9.17) is 4.74 Å². The number of unbranched alkanes of at least 4 members (excludes halogenated alkanes) is 3. The maximum absolute atomic E-state index is 11.5. The first-order valence-corrected chi connectivity index (χ1v) is 7.15. The van der Waals surface area contributed by atoms with Crippen LogP contribution in [0.3, 0.4) is 0 Å². The average Bonchev–Trinajstić information content (AvgIpc) is 3.08. The molecule has 0 bridgehead atoms. The predicted octanol–water partition coefficient (Wildman–Crippen LogP) is 3.03. The van der Waals surface area contributed by atoms with Crippen LogP contribution >= 0.6 is 0 Å². The Morgan fingerprint density at radius 1 is 1.35 bits per heavy atom. The number of rotatable bonds is 10. The van der Waals surface area contributed by atoms with E-state index >= 15 is 0 Å². The number of ether oxygens (including phenoxy) is 1. The monoisotopic (exact) mass is 241 g/mol. The van der Waals surface area contributed by atoms with Crippen molar-refractivity contribution < 1.29 is 9.53 Å². The summed E-state index contributed by atoms with van der Waals surface area (Å²) in [6.45, 7) is 4.97. The fourth-order valence-corrected chi connectivity index (χ4v) is 1.87. The average molecular weight is 241 g/mol. The predicted molar refractivity (Wildman–Crippen MR) is 70.0 cm³/mol. The van der Waals surface area contributed by atoms with Crippen molar-refractivity contribution >= 4 is 5.97 Å². The van der Waals surface area contributed by atoms with Crippen molar-refractivity contribution in [2.75, 3.05) is 6.54 Å². The lowest BCUT2D eigenvalue weighted by atomic mass is 10.1. The molecular formula is C14H27NO2.